The molecule has 0 aromatic heterocycles. The number of hydrogen-bond acceptors (Lipinski definition) is 8. The minimum Gasteiger partial charge on any atom is -0.491 e. The van der Waals surface area contributed by atoms with Gasteiger partial charge in [-0.1, -0.05) is 78.6 Å². The van der Waals surface area contributed by atoms with E-state index in [4.69, 9.17) is 18.9 Å². The maximum Gasteiger partial charge on any atom is 0.305 e. The molecule has 0 amide bonds. The molecule has 2 aromatic rings. The summed E-state index contributed by atoms with van der Waals surface area (Å²) in [6.07, 6.45) is 2.65. The Kier molecular flexibility index (Phi) is 15.6. The highest BCUT2D eigenvalue weighted by atomic mass is 16.6. The van der Waals surface area contributed by atoms with E-state index in [1.807, 2.05) is 62.4 Å². The molecule has 240 valence electrons. The lowest BCUT2D eigenvalue weighted by molar-refractivity contribution is -0.148. The monoisotopic (exact) mass is 600 g/mol. The van der Waals surface area contributed by atoms with Gasteiger partial charge in [0, 0.05) is 18.3 Å². The number of carbonyl (C=O) groups excluding carboxylic acids is 2. The summed E-state index contributed by atoms with van der Waals surface area (Å²) in [6.45, 7) is 12.5. The molecule has 8 nitrogen and oxygen atoms in total. The van der Waals surface area contributed by atoms with Crippen LogP contribution in [0.5, 0.6) is 11.5 Å². The molecule has 0 radical (unpaired) electrons. The van der Waals surface area contributed by atoms with E-state index in [0.29, 0.717) is 36.2 Å². The second-order valence-corrected chi connectivity index (χ2v) is 12.3. The van der Waals surface area contributed by atoms with E-state index < -0.39 is 12.2 Å². The lowest BCUT2D eigenvalue weighted by Gasteiger charge is -2.26. The number of ether oxygens (including phenoxy) is 4. The quantitative estimate of drug-likeness (QED) is 0.172. The Bertz CT molecular complexity index is 1080. The van der Waals surface area contributed by atoms with Gasteiger partial charge in [0.05, 0.1) is 0 Å². The van der Waals surface area contributed by atoms with Gasteiger partial charge in [0.25, 0.3) is 0 Å². The van der Waals surface area contributed by atoms with Crippen molar-refractivity contribution < 1.29 is 38.7 Å². The number of hydrogen-bond donors (Lipinski definition) is 2. The fourth-order valence-corrected chi connectivity index (χ4v) is 4.51. The average molecular weight is 601 g/mol. The number of esters is 2. The van der Waals surface area contributed by atoms with Crippen LogP contribution in [0, 0.1) is 11.8 Å². The molecule has 0 saturated carbocycles. The molecule has 0 saturated heterocycles. The number of carbonyl (C=O) groups is 2. The van der Waals surface area contributed by atoms with E-state index in [-0.39, 0.29) is 43.8 Å². The van der Waals surface area contributed by atoms with Crippen molar-refractivity contribution in [3.05, 3.63) is 59.7 Å². The summed E-state index contributed by atoms with van der Waals surface area (Å²) < 4.78 is 21.7. The molecule has 0 fully saturated rings. The smallest absolute Gasteiger partial charge is 0.305 e. The first-order valence-corrected chi connectivity index (χ1v) is 15.5. The molecule has 0 spiro atoms. The molecule has 43 heavy (non-hydrogen) atoms. The predicted molar refractivity (Wildman–Crippen MR) is 167 cm³/mol. The van der Waals surface area contributed by atoms with E-state index >= 15 is 0 Å². The zero-order chi connectivity index (χ0) is 31.8. The van der Waals surface area contributed by atoms with E-state index in [1.54, 1.807) is 0 Å². The molecule has 2 N–H and O–H groups in total. The molecule has 8 heteroatoms. The molecular formula is C35H52O8. The summed E-state index contributed by atoms with van der Waals surface area (Å²) in [5.41, 5.74) is 1.85. The zero-order valence-electron chi connectivity index (χ0n) is 26.8. The summed E-state index contributed by atoms with van der Waals surface area (Å²) in [5, 5.41) is 20.3. The minimum absolute atomic E-state index is 0.0249. The second kappa shape index (κ2) is 18.5. The van der Waals surface area contributed by atoms with Gasteiger partial charge in [-0.3, -0.25) is 9.59 Å². The van der Waals surface area contributed by atoms with Crippen molar-refractivity contribution in [2.24, 2.45) is 11.8 Å². The Morgan fingerprint density at radius 1 is 0.674 bits per heavy atom. The van der Waals surface area contributed by atoms with Gasteiger partial charge in [-0.25, -0.2) is 0 Å². The van der Waals surface area contributed by atoms with Gasteiger partial charge >= 0.3 is 11.9 Å². The van der Waals surface area contributed by atoms with E-state index in [0.717, 1.165) is 36.8 Å². The van der Waals surface area contributed by atoms with Crippen LogP contribution in [0.1, 0.15) is 91.2 Å². The predicted octanol–water partition coefficient (Wildman–Crippen LogP) is 6.23. The molecule has 0 heterocycles. The number of rotatable bonds is 20. The Labute approximate surface area is 257 Å². The van der Waals surface area contributed by atoms with E-state index in [2.05, 4.69) is 27.7 Å². The van der Waals surface area contributed by atoms with Gasteiger partial charge in [-0.05, 0) is 60.1 Å². The number of aliphatic hydroxyl groups is 2. The van der Waals surface area contributed by atoms with Crippen molar-refractivity contribution in [2.75, 3.05) is 26.4 Å². The van der Waals surface area contributed by atoms with Crippen LogP contribution in [0.3, 0.4) is 0 Å². The molecule has 0 aliphatic heterocycles. The van der Waals surface area contributed by atoms with Crippen LogP contribution < -0.4 is 9.47 Å². The van der Waals surface area contributed by atoms with Crippen molar-refractivity contribution in [1.82, 2.24) is 0 Å². The van der Waals surface area contributed by atoms with Crippen LogP contribution in [0.2, 0.25) is 0 Å². The Balaban J connectivity index is 1.77. The van der Waals surface area contributed by atoms with Crippen LogP contribution in [0.25, 0.3) is 0 Å². The van der Waals surface area contributed by atoms with E-state index in [1.165, 1.54) is 0 Å². The zero-order valence-corrected chi connectivity index (χ0v) is 26.8. The molecule has 3 atom stereocenters. The van der Waals surface area contributed by atoms with Crippen molar-refractivity contribution in [3.8, 4) is 11.5 Å². The average Bonchev–Trinajstić information content (AvgIpc) is 2.99. The van der Waals surface area contributed by atoms with Gasteiger partial charge in [0.2, 0.25) is 0 Å². The van der Waals surface area contributed by atoms with Crippen LogP contribution in [0.15, 0.2) is 48.5 Å². The Hall–Kier alpha value is -3.10. The van der Waals surface area contributed by atoms with Crippen LogP contribution in [0.4, 0.5) is 0 Å². The topological polar surface area (TPSA) is 112 Å². The highest BCUT2D eigenvalue weighted by Crippen LogP contribution is 2.33. The first kappa shape index (κ1) is 36.1. The third-order valence-corrected chi connectivity index (χ3v) is 7.46. The molecule has 2 aromatic carbocycles. The molecule has 3 unspecified atom stereocenters. The maximum atomic E-state index is 11.9. The summed E-state index contributed by atoms with van der Waals surface area (Å²) >= 11 is 0. The van der Waals surface area contributed by atoms with Crippen molar-refractivity contribution in [2.45, 2.75) is 97.7 Å². The fourth-order valence-electron chi connectivity index (χ4n) is 4.51. The molecule has 0 bridgehead atoms. The normalized spacial score (nSPS) is 13.7. The maximum absolute atomic E-state index is 11.9. The minimum atomic E-state index is -0.903. The first-order chi connectivity index (χ1) is 20.4. The molecule has 2 rings (SSSR count). The fraction of sp³-hybridized carbons (Fsp3) is 0.600. The lowest BCUT2D eigenvalue weighted by atomic mass is 9.78. The van der Waals surface area contributed by atoms with Crippen molar-refractivity contribution >= 4 is 11.9 Å². The standard InChI is InChI=1S/C35H52O8/c1-7-8-26(4)10-20-34(39)43-24-30(37)22-41-32-17-13-28(14-18-32)35(5,6)27-11-15-31(16-12-27)40-21-29(36)23-42-33(38)19-9-25(2)3/h11-18,25-26,29-30,36-37H,7-10,19-24H2,1-6H3. The van der Waals surface area contributed by atoms with Crippen molar-refractivity contribution in [1.29, 1.82) is 0 Å². The summed E-state index contributed by atoms with van der Waals surface area (Å²) in [4.78, 5) is 23.7. The van der Waals surface area contributed by atoms with E-state index in [9.17, 15) is 19.8 Å². The summed E-state index contributed by atoms with van der Waals surface area (Å²) in [5.74, 6) is 1.54. The number of aliphatic hydroxyl groups excluding tert-OH is 2. The summed E-state index contributed by atoms with van der Waals surface area (Å²) in [7, 11) is 0. The largest absolute Gasteiger partial charge is 0.491 e. The second-order valence-electron chi connectivity index (χ2n) is 12.3. The molecular weight excluding hydrogens is 548 g/mol. The highest BCUT2D eigenvalue weighted by Gasteiger charge is 2.23. The number of benzene rings is 2. The SMILES string of the molecule is CCCC(C)CCC(=O)OCC(O)COc1ccc(C(C)(C)c2ccc(OCC(O)COC(=O)CCC(C)C)cc2)cc1. The summed E-state index contributed by atoms with van der Waals surface area (Å²) in [6, 6.07) is 15.4. The highest BCUT2D eigenvalue weighted by molar-refractivity contribution is 5.69. The van der Waals surface area contributed by atoms with Gasteiger partial charge in [-0.15, -0.1) is 0 Å². The van der Waals surface area contributed by atoms with Gasteiger partial charge in [-0.2, -0.15) is 0 Å². The van der Waals surface area contributed by atoms with Crippen LogP contribution in [-0.2, 0) is 24.5 Å². The van der Waals surface area contributed by atoms with Gasteiger partial charge in [0.1, 0.15) is 50.1 Å². The van der Waals surface area contributed by atoms with Gasteiger partial charge < -0.3 is 29.2 Å². The van der Waals surface area contributed by atoms with Crippen molar-refractivity contribution in [3.63, 3.8) is 0 Å². The van der Waals surface area contributed by atoms with Crippen LogP contribution in [-0.4, -0.2) is 60.8 Å². The third kappa shape index (κ3) is 13.8. The Morgan fingerprint density at radius 2 is 1.09 bits per heavy atom. The molecule has 0 aliphatic rings. The molecule has 0 aliphatic carbocycles. The Morgan fingerprint density at radius 3 is 1.49 bits per heavy atom. The van der Waals surface area contributed by atoms with Crippen LogP contribution >= 0.6 is 0 Å². The lowest BCUT2D eigenvalue weighted by Crippen LogP contribution is -2.25. The third-order valence-electron chi connectivity index (χ3n) is 7.46. The first-order valence-electron chi connectivity index (χ1n) is 15.5. The van der Waals surface area contributed by atoms with Gasteiger partial charge in [0.15, 0.2) is 0 Å².